The molecule has 2 aromatic rings. The Hall–Kier alpha value is -2.66. The number of benzene rings is 1. The molecule has 1 saturated heterocycles. The number of nitrogens with zero attached hydrogens (tertiary/aromatic N) is 2. The quantitative estimate of drug-likeness (QED) is 0.844. The molecule has 25 heavy (non-hydrogen) atoms. The second-order valence-corrected chi connectivity index (χ2v) is 6.44. The molecular weight excluding hydrogens is 316 g/mol. The van der Waals surface area contributed by atoms with Crippen molar-refractivity contribution in [3.05, 3.63) is 63.6 Å². The lowest BCUT2D eigenvalue weighted by Crippen LogP contribution is -2.40. The SMILES string of the molecule is Cn1cc(-c2ccc(C(=O)N3CCOCC3)cc2)c2c(c1=O)CC=C2. The Kier molecular flexibility index (Phi) is 4.01. The normalized spacial score (nSPS) is 16.1. The van der Waals surface area contributed by atoms with E-state index in [9.17, 15) is 9.59 Å². The number of hydrogen-bond acceptors (Lipinski definition) is 3. The first-order chi connectivity index (χ1) is 12.1. The van der Waals surface area contributed by atoms with Crippen LogP contribution in [-0.2, 0) is 18.2 Å². The monoisotopic (exact) mass is 336 g/mol. The van der Waals surface area contributed by atoms with E-state index in [2.05, 4.69) is 0 Å². The van der Waals surface area contributed by atoms with Gasteiger partial charge in [-0.1, -0.05) is 24.3 Å². The molecule has 1 fully saturated rings. The number of carbonyl (C=O) groups is 1. The van der Waals surface area contributed by atoms with E-state index >= 15 is 0 Å². The first-order valence-corrected chi connectivity index (χ1v) is 8.51. The molecule has 0 atom stereocenters. The highest BCUT2D eigenvalue weighted by atomic mass is 16.5. The Bertz CT molecular complexity index is 904. The molecule has 0 saturated carbocycles. The van der Waals surface area contributed by atoms with E-state index in [1.807, 2.05) is 47.5 Å². The van der Waals surface area contributed by atoms with Gasteiger partial charge in [-0.05, 0) is 29.7 Å². The van der Waals surface area contributed by atoms with Crippen LogP contribution < -0.4 is 5.56 Å². The largest absolute Gasteiger partial charge is 0.378 e. The molecule has 4 rings (SSSR count). The van der Waals surface area contributed by atoms with Crippen LogP contribution in [0.1, 0.15) is 21.5 Å². The molecule has 0 N–H and O–H groups in total. The van der Waals surface area contributed by atoms with Crippen LogP contribution in [-0.4, -0.2) is 41.7 Å². The average Bonchev–Trinajstić information content (AvgIpc) is 3.15. The number of hydrogen-bond donors (Lipinski definition) is 0. The molecule has 1 aromatic heterocycles. The van der Waals surface area contributed by atoms with Crippen molar-refractivity contribution in [1.82, 2.24) is 9.47 Å². The summed E-state index contributed by atoms with van der Waals surface area (Å²) in [5.41, 5.74) is 4.61. The number of morpholine rings is 1. The predicted octanol–water partition coefficient (Wildman–Crippen LogP) is 2.09. The van der Waals surface area contributed by atoms with Crippen LogP contribution in [0, 0.1) is 0 Å². The second kappa shape index (κ2) is 6.33. The zero-order valence-electron chi connectivity index (χ0n) is 14.2. The lowest BCUT2D eigenvalue weighted by molar-refractivity contribution is 0.0303. The molecule has 0 unspecified atom stereocenters. The number of allylic oxidation sites excluding steroid dienone is 1. The summed E-state index contributed by atoms with van der Waals surface area (Å²) in [6.07, 6.45) is 6.59. The molecule has 1 amide bonds. The van der Waals surface area contributed by atoms with Crippen LogP contribution in [0.3, 0.4) is 0 Å². The van der Waals surface area contributed by atoms with Crippen molar-refractivity contribution in [2.45, 2.75) is 6.42 Å². The number of ether oxygens (including phenoxy) is 1. The number of aromatic nitrogens is 1. The Morgan fingerprint density at radius 3 is 2.56 bits per heavy atom. The number of fused-ring (bicyclic) bond motifs is 1. The molecule has 2 heterocycles. The van der Waals surface area contributed by atoms with E-state index in [-0.39, 0.29) is 11.5 Å². The maximum absolute atomic E-state index is 12.5. The summed E-state index contributed by atoms with van der Waals surface area (Å²) in [5, 5.41) is 0. The van der Waals surface area contributed by atoms with Crippen molar-refractivity contribution in [3.63, 3.8) is 0 Å². The first kappa shape index (κ1) is 15.8. The maximum atomic E-state index is 12.5. The molecular formula is C20H20N2O3. The molecule has 1 aromatic carbocycles. The zero-order valence-corrected chi connectivity index (χ0v) is 14.2. The van der Waals surface area contributed by atoms with E-state index in [1.54, 1.807) is 11.6 Å². The van der Waals surface area contributed by atoms with Crippen LogP contribution in [0.2, 0.25) is 0 Å². The number of pyridine rings is 1. The number of carbonyl (C=O) groups excluding carboxylic acids is 1. The second-order valence-electron chi connectivity index (χ2n) is 6.44. The zero-order chi connectivity index (χ0) is 17.4. The highest BCUT2D eigenvalue weighted by molar-refractivity contribution is 5.95. The third-order valence-corrected chi connectivity index (χ3v) is 4.86. The standard InChI is InChI=1S/C20H20N2O3/c1-21-13-18(16-3-2-4-17(16)20(21)24)14-5-7-15(8-6-14)19(23)22-9-11-25-12-10-22/h2-3,5-8,13H,4,9-12H2,1H3. The van der Waals surface area contributed by atoms with Gasteiger partial charge in [-0.15, -0.1) is 0 Å². The van der Waals surface area contributed by atoms with Gasteiger partial charge in [0, 0.05) is 43.0 Å². The number of amides is 1. The van der Waals surface area contributed by atoms with Gasteiger partial charge < -0.3 is 14.2 Å². The third-order valence-electron chi connectivity index (χ3n) is 4.86. The van der Waals surface area contributed by atoms with Crippen molar-refractivity contribution < 1.29 is 9.53 Å². The lowest BCUT2D eigenvalue weighted by Gasteiger charge is -2.26. The average molecular weight is 336 g/mol. The summed E-state index contributed by atoms with van der Waals surface area (Å²) in [4.78, 5) is 26.6. The van der Waals surface area contributed by atoms with Crippen LogP contribution >= 0.6 is 0 Å². The highest BCUT2D eigenvalue weighted by Gasteiger charge is 2.20. The molecule has 0 spiro atoms. The lowest BCUT2D eigenvalue weighted by atomic mass is 9.98. The van der Waals surface area contributed by atoms with Gasteiger partial charge in [0.15, 0.2) is 0 Å². The van der Waals surface area contributed by atoms with E-state index < -0.39 is 0 Å². The topological polar surface area (TPSA) is 51.5 Å². The molecule has 1 aliphatic carbocycles. The Balaban J connectivity index is 1.66. The minimum absolute atomic E-state index is 0.0421. The summed E-state index contributed by atoms with van der Waals surface area (Å²) in [7, 11) is 1.78. The van der Waals surface area contributed by atoms with Crippen molar-refractivity contribution in [3.8, 4) is 11.1 Å². The van der Waals surface area contributed by atoms with Gasteiger partial charge in [0.25, 0.3) is 11.5 Å². The molecule has 2 aliphatic rings. The van der Waals surface area contributed by atoms with E-state index in [0.717, 1.165) is 22.3 Å². The minimum Gasteiger partial charge on any atom is -0.378 e. The van der Waals surface area contributed by atoms with Crippen molar-refractivity contribution in [2.75, 3.05) is 26.3 Å². The first-order valence-electron chi connectivity index (χ1n) is 8.51. The van der Waals surface area contributed by atoms with Gasteiger partial charge >= 0.3 is 0 Å². The van der Waals surface area contributed by atoms with Gasteiger partial charge in [0.1, 0.15) is 0 Å². The molecule has 1 aliphatic heterocycles. The van der Waals surface area contributed by atoms with E-state index in [0.29, 0.717) is 38.3 Å². The fourth-order valence-corrected chi connectivity index (χ4v) is 3.47. The Morgan fingerprint density at radius 2 is 1.84 bits per heavy atom. The third kappa shape index (κ3) is 2.81. The van der Waals surface area contributed by atoms with Crippen molar-refractivity contribution >= 4 is 12.0 Å². The summed E-state index contributed by atoms with van der Waals surface area (Å²) >= 11 is 0. The highest BCUT2D eigenvalue weighted by Crippen LogP contribution is 2.29. The predicted molar refractivity (Wildman–Crippen MR) is 96.6 cm³/mol. The molecule has 5 heteroatoms. The van der Waals surface area contributed by atoms with Crippen LogP contribution in [0.5, 0.6) is 0 Å². The molecule has 0 bridgehead atoms. The van der Waals surface area contributed by atoms with Gasteiger partial charge in [-0.25, -0.2) is 0 Å². The van der Waals surface area contributed by atoms with Gasteiger partial charge in [-0.3, -0.25) is 9.59 Å². The minimum atomic E-state index is 0.0421. The summed E-state index contributed by atoms with van der Waals surface area (Å²) < 4.78 is 6.93. The summed E-state index contributed by atoms with van der Waals surface area (Å²) in [5.74, 6) is 0.0421. The summed E-state index contributed by atoms with van der Waals surface area (Å²) in [6, 6.07) is 7.65. The Morgan fingerprint density at radius 1 is 1.12 bits per heavy atom. The molecule has 128 valence electrons. The van der Waals surface area contributed by atoms with Gasteiger partial charge in [0.05, 0.1) is 13.2 Å². The fraction of sp³-hybridized carbons (Fsp3) is 0.300. The van der Waals surface area contributed by atoms with E-state index in [4.69, 9.17) is 4.74 Å². The van der Waals surface area contributed by atoms with E-state index in [1.165, 1.54) is 0 Å². The van der Waals surface area contributed by atoms with Crippen LogP contribution in [0.15, 0.2) is 41.3 Å². The van der Waals surface area contributed by atoms with Crippen molar-refractivity contribution in [2.24, 2.45) is 7.05 Å². The van der Waals surface area contributed by atoms with Crippen LogP contribution in [0.25, 0.3) is 17.2 Å². The smallest absolute Gasteiger partial charge is 0.254 e. The fourth-order valence-electron chi connectivity index (χ4n) is 3.47. The number of aryl methyl sites for hydroxylation is 1. The van der Waals surface area contributed by atoms with Gasteiger partial charge in [-0.2, -0.15) is 0 Å². The van der Waals surface area contributed by atoms with Crippen LogP contribution in [0.4, 0.5) is 0 Å². The van der Waals surface area contributed by atoms with Crippen molar-refractivity contribution in [1.29, 1.82) is 0 Å². The number of rotatable bonds is 2. The Labute approximate surface area is 146 Å². The maximum Gasteiger partial charge on any atom is 0.254 e. The molecule has 0 radical (unpaired) electrons. The van der Waals surface area contributed by atoms with Gasteiger partial charge in [0.2, 0.25) is 0 Å². The summed E-state index contributed by atoms with van der Waals surface area (Å²) in [6.45, 7) is 2.47. The molecule has 5 nitrogen and oxygen atoms in total.